The standard InChI is InChI=1S/C28H36N2O2/c1-20(21-12-6-4-7-13-21)30-18-24-25(19-30)26(24)29-27(31)28(32,23-16-10-5-11-17-23)22-14-8-2-3-9-15-22/h4-7,10-13,16-17,20,22,24-26,32H,2-3,8-9,14-15,18-19H2,1H3,(H,29,31)/t20?,24-,25?,26+,28?/m0/s1. The van der Waals surface area contributed by atoms with Crippen LogP contribution in [0, 0.1) is 17.8 Å². The molecule has 2 N–H and O–H groups in total. The van der Waals surface area contributed by atoms with Crippen LogP contribution in [0.25, 0.3) is 0 Å². The number of hydrogen-bond acceptors (Lipinski definition) is 3. The molecule has 3 aliphatic rings. The molecule has 1 amide bonds. The quantitative estimate of drug-likeness (QED) is 0.653. The lowest BCUT2D eigenvalue weighted by Crippen LogP contribution is -2.51. The molecule has 4 heteroatoms. The molecule has 3 unspecified atom stereocenters. The van der Waals surface area contributed by atoms with Gasteiger partial charge in [-0.2, -0.15) is 0 Å². The zero-order valence-corrected chi connectivity index (χ0v) is 19.1. The number of aliphatic hydroxyl groups is 1. The van der Waals surface area contributed by atoms with E-state index in [4.69, 9.17) is 0 Å². The second-order valence-electron chi connectivity index (χ2n) is 10.2. The molecule has 1 aliphatic heterocycles. The molecule has 1 heterocycles. The van der Waals surface area contributed by atoms with Gasteiger partial charge in [-0.3, -0.25) is 9.69 Å². The number of amides is 1. The van der Waals surface area contributed by atoms with Crippen LogP contribution in [0.1, 0.15) is 62.6 Å². The number of likely N-dealkylation sites (tertiary alicyclic amines) is 1. The Balaban J connectivity index is 1.27. The molecule has 2 aliphatic carbocycles. The SMILES string of the molecule is CC(c1ccccc1)N1CC2[C@H](C1)[C@H]2NC(=O)C(O)(c1ccccc1)C1CCCCCC1. The van der Waals surface area contributed by atoms with Crippen molar-refractivity contribution in [1.82, 2.24) is 10.2 Å². The highest BCUT2D eigenvalue weighted by atomic mass is 16.3. The van der Waals surface area contributed by atoms with Gasteiger partial charge in [-0.25, -0.2) is 0 Å². The predicted octanol–water partition coefficient (Wildman–Crippen LogP) is 4.65. The van der Waals surface area contributed by atoms with Crippen LogP contribution >= 0.6 is 0 Å². The Morgan fingerprint density at radius 2 is 1.50 bits per heavy atom. The first kappa shape index (κ1) is 21.7. The maximum atomic E-state index is 13.6. The third-order valence-electron chi connectivity index (χ3n) is 8.36. The molecule has 0 bridgehead atoms. The van der Waals surface area contributed by atoms with Crippen LogP contribution in [0.5, 0.6) is 0 Å². The highest BCUT2D eigenvalue weighted by molar-refractivity contribution is 5.87. The maximum Gasteiger partial charge on any atom is 0.257 e. The van der Waals surface area contributed by atoms with Crippen LogP contribution in [0.3, 0.4) is 0 Å². The van der Waals surface area contributed by atoms with Gasteiger partial charge in [0.05, 0.1) is 0 Å². The van der Waals surface area contributed by atoms with Crippen LogP contribution in [0.15, 0.2) is 60.7 Å². The Kier molecular flexibility index (Phi) is 6.09. The Hall–Kier alpha value is -2.17. The van der Waals surface area contributed by atoms with Crippen molar-refractivity contribution in [1.29, 1.82) is 0 Å². The van der Waals surface area contributed by atoms with Crippen molar-refractivity contribution in [2.24, 2.45) is 17.8 Å². The lowest BCUT2D eigenvalue weighted by Gasteiger charge is -2.35. The number of hydrogen-bond donors (Lipinski definition) is 2. The third-order valence-corrected chi connectivity index (χ3v) is 8.36. The number of fused-ring (bicyclic) bond motifs is 1. The molecule has 0 radical (unpaired) electrons. The molecule has 4 nitrogen and oxygen atoms in total. The van der Waals surface area contributed by atoms with Gasteiger partial charge in [-0.1, -0.05) is 86.3 Å². The molecule has 32 heavy (non-hydrogen) atoms. The lowest BCUT2D eigenvalue weighted by molar-refractivity contribution is -0.148. The van der Waals surface area contributed by atoms with E-state index in [0.29, 0.717) is 17.9 Å². The van der Waals surface area contributed by atoms with Gasteiger partial charge in [0.2, 0.25) is 0 Å². The maximum absolute atomic E-state index is 13.6. The molecule has 2 aromatic rings. The van der Waals surface area contributed by atoms with Gasteiger partial charge in [0.25, 0.3) is 5.91 Å². The zero-order chi connectivity index (χ0) is 22.1. The molecular formula is C28H36N2O2. The van der Waals surface area contributed by atoms with E-state index >= 15 is 0 Å². The van der Waals surface area contributed by atoms with E-state index in [0.717, 1.165) is 44.3 Å². The van der Waals surface area contributed by atoms with Crippen molar-refractivity contribution >= 4 is 5.91 Å². The topological polar surface area (TPSA) is 52.6 Å². The summed E-state index contributed by atoms with van der Waals surface area (Å²) in [6.45, 7) is 4.30. The number of nitrogens with one attached hydrogen (secondary N) is 1. The second kappa shape index (κ2) is 8.99. The molecular weight excluding hydrogens is 396 g/mol. The molecule has 0 aromatic heterocycles. The van der Waals surface area contributed by atoms with Crippen molar-refractivity contribution < 1.29 is 9.90 Å². The van der Waals surface area contributed by atoms with Gasteiger partial charge in [-0.05, 0) is 42.7 Å². The third kappa shape index (κ3) is 3.99. The smallest absolute Gasteiger partial charge is 0.257 e. The van der Waals surface area contributed by atoms with E-state index in [1.807, 2.05) is 30.3 Å². The lowest BCUT2D eigenvalue weighted by atomic mass is 9.76. The number of piperidine rings is 1. The van der Waals surface area contributed by atoms with Gasteiger partial charge < -0.3 is 10.4 Å². The minimum Gasteiger partial charge on any atom is -0.375 e. The minimum absolute atomic E-state index is 0.0133. The van der Waals surface area contributed by atoms with Gasteiger partial charge >= 0.3 is 0 Å². The number of benzene rings is 2. The van der Waals surface area contributed by atoms with Crippen LogP contribution in [0.4, 0.5) is 0 Å². The first-order chi connectivity index (χ1) is 15.6. The molecule has 0 spiro atoms. The first-order valence-corrected chi connectivity index (χ1v) is 12.5. The van der Waals surface area contributed by atoms with E-state index in [2.05, 4.69) is 47.5 Å². The highest BCUT2D eigenvalue weighted by Crippen LogP contribution is 2.49. The summed E-state index contributed by atoms with van der Waals surface area (Å²) in [4.78, 5) is 16.2. The number of nitrogens with zero attached hydrogens (tertiary/aromatic N) is 1. The molecule has 5 rings (SSSR count). The average molecular weight is 433 g/mol. The van der Waals surface area contributed by atoms with Gasteiger partial charge in [0.1, 0.15) is 0 Å². The Bertz CT molecular complexity index is 898. The molecule has 1 saturated heterocycles. The summed E-state index contributed by atoms with van der Waals surface area (Å²) in [7, 11) is 0. The zero-order valence-electron chi connectivity index (χ0n) is 19.1. The van der Waals surface area contributed by atoms with E-state index in [1.165, 1.54) is 18.4 Å². The second-order valence-corrected chi connectivity index (χ2v) is 10.2. The van der Waals surface area contributed by atoms with Crippen molar-refractivity contribution in [3.05, 3.63) is 71.8 Å². The fourth-order valence-corrected chi connectivity index (χ4v) is 6.23. The fourth-order valence-electron chi connectivity index (χ4n) is 6.23. The number of rotatable bonds is 6. The average Bonchev–Trinajstić information content (AvgIpc) is 3.40. The Labute approximate surface area is 192 Å². The van der Waals surface area contributed by atoms with Crippen molar-refractivity contribution in [2.45, 2.75) is 63.1 Å². The van der Waals surface area contributed by atoms with E-state index in [9.17, 15) is 9.90 Å². The largest absolute Gasteiger partial charge is 0.375 e. The Morgan fingerprint density at radius 1 is 0.938 bits per heavy atom. The van der Waals surface area contributed by atoms with Crippen LogP contribution < -0.4 is 5.32 Å². The summed E-state index contributed by atoms with van der Waals surface area (Å²) in [5.74, 6) is 0.803. The summed E-state index contributed by atoms with van der Waals surface area (Å²) in [6, 6.07) is 20.9. The van der Waals surface area contributed by atoms with Gasteiger partial charge in [0, 0.05) is 31.1 Å². The summed E-state index contributed by atoms with van der Waals surface area (Å²) in [6.07, 6.45) is 6.41. The monoisotopic (exact) mass is 432 g/mol. The molecule has 5 atom stereocenters. The molecule has 2 aromatic carbocycles. The van der Waals surface area contributed by atoms with Crippen molar-refractivity contribution in [3.63, 3.8) is 0 Å². The molecule has 3 fully saturated rings. The number of carbonyl (C=O) groups excluding carboxylic acids is 1. The summed E-state index contributed by atoms with van der Waals surface area (Å²) in [5.41, 5.74) is 0.662. The summed E-state index contributed by atoms with van der Waals surface area (Å²) in [5, 5.41) is 15.2. The first-order valence-electron chi connectivity index (χ1n) is 12.5. The van der Waals surface area contributed by atoms with E-state index < -0.39 is 5.60 Å². The normalized spacial score (nSPS) is 28.9. The minimum atomic E-state index is -1.43. The summed E-state index contributed by atoms with van der Waals surface area (Å²) >= 11 is 0. The predicted molar refractivity (Wildman–Crippen MR) is 127 cm³/mol. The van der Waals surface area contributed by atoms with E-state index in [1.54, 1.807) is 0 Å². The van der Waals surface area contributed by atoms with Crippen LogP contribution in [0.2, 0.25) is 0 Å². The Morgan fingerprint density at radius 3 is 2.09 bits per heavy atom. The fraction of sp³-hybridized carbons (Fsp3) is 0.536. The van der Waals surface area contributed by atoms with Gasteiger partial charge in [0.15, 0.2) is 5.60 Å². The van der Waals surface area contributed by atoms with Crippen LogP contribution in [-0.2, 0) is 10.4 Å². The van der Waals surface area contributed by atoms with Crippen molar-refractivity contribution in [2.75, 3.05) is 13.1 Å². The molecule has 170 valence electrons. The molecule has 2 saturated carbocycles. The van der Waals surface area contributed by atoms with Crippen molar-refractivity contribution in [3.8, 4) is 0 Å². The highest BCUT2D eigenvalue weighted by Gasteiger charge is 2.58. The van der Waals surface area contributed by atoms with Crippen LogP contribution in [-0.4, -0.2) is 35.0 Å². The summed E-state index contributed by atoms with van der Waals surface area (Å²) < 4.78 is 0. The number of carbonyl (C=O) groups is 1. The van der Waals surface area contributed by atoms with E-state index in [-0.39, 0.29) is 17.9 Å². The van der Waals surface area contributed by atoms with Gasteiger partial charge in [-0.15, -0.1) is 0 Å².